The van der Waals surface area contributed by atoms with Crippen LogP contribution in [0.2, 0.25) is 0 Å². The molecule has 2 aromatic rings. The first kappa shape index (κ1) is 22.1. The van der Waals surface area contributed by atoms with Gasteiger partial charge in [0.15, 0.2) is 5.96 Å². The van der Waals surface area contributed by atoms with Gasteiger partial charge in [-0.1, -0.05) is 48.5 Å². The van der Waals surface area contributed by atoms with Crippen molar-refractivity contribution in [2.45, 2.75) is 38.5 Å². The van der Waals surface area contributed by atoms with Gasteiger partial charge in [-0.15, -0.1) is 0 Å². The first-order chi connectivity index (χ1) is 14.3. The van der Waals surface area contributed by atoms with Crippen LogP contribution in [0.4, 0.5) is 0 Å². The van der Waals surface area contributed by atoms with E-state index in [0.29, 0.717) is 5.96 Å². The van der Waals surface area contributed by atoms with Crippen LogP contribution in [0.15, 0.2) is 59.6 Å². The van der Waals surface area contributed by atoms with Gasteiger partial charge in [-0.3, -0.25) is 4.99 Å². The minimum Gasteiger partial charge on any atom is -0.487 e. The number of ether oxygens (including phenoxy) is 1. The number of fused-ring (bicyclic) bond motifs is 1. The fourth-order valence-electron chi connectivity index (χ4n) is 3.46. The Bertz CT molecular complexity index is 975. The van der Waals surface area contributed by atoms with Gasteiger partial charge >= 0.3 is 0 Å². The number of para-hydroxylation sites is 1. The van der Waals surface area contributed by atoms with Crippen LogP contribution in [0.5, 0.6) is 5.75 Å². The zero-order valence-electron chi connectivity index (χ0n) is 17.7. The van der Waals surface area contributed by atoms with E-state index in [9.17, 15) is 8.42 Å². The van der Waals surface area contributed by atoms with Crippen LogP contribution in [0.1, 0.15) is 37.4 Å². The van der Waals surface area contributed by atoms with Crippen LogP contribution in [-0.2, 0) is 16.6 Å². The largest absolute Gasteiger partial charge is 0.487 e. The van der Waals surface area contributed by atoms with Gasteiger partial charge in [0.2, 0.25) is 10.0 Å². The molecule has 0 radical (unpaired) electrons. The quantitative estimate of drug-likeness (QED) is 0.464. The predicted molar refractivity (Wildman–Crippen MR) is 120 cm³/mol. The van der Waals surface area contributed by atoms with Crippen molar-refractivity contribution in [3.05, 3.63) is 65.7 Å². The molecule has 3 rings (SSSR count). The third kappa shape index (κ3) is 6.21. The molecule has 0 saturated heterocycles. The molecule has 1 heterocycles. The summed E-state index contributed by atoms with van der Waals surface area (Å²) in [5.41, 5.74) is 1.68. The lowest BCUT2D eigenvalue weighted by molar-refractivity contribution is 0.0694. The van der Waals surface area contributed by atoms with Crippen LogP contribution in [0.25, 0.3) is 0 Å². The predicted octanol–water partition coefficient (Wildman–Crippen LogP) is 2.57. The summed E-state index contributed by atoms with van der Waals surface area (Å²) in [4.78, 5) is 4.25. The normalized spacial score (nSPS) is 18.2. The third-order valence-corrected chi connectivity index (χ3v) is 6.24. The summed E-state index contributed by atoms with van der Waals surface area (Å²) in [7, 11) is -1.72. The number of hydrogen-bond acceptors (Lipinski definition) is 4. The second-order valence-electron chi connectivity index (χ2n) is 7.93. The minimum absolute atomic E-state index is 0.0176. The Kier molecular flexibility index (Phi) is 6.99. The molecule has 1 aliphatic heterocycles. The van der Waals surface area contributed by atoms with Gasteiger partial charge in [0.05, 0.1) is 11.8 Å². The highest BCUT2D eigenvalue weighted by Gasteiger charge is 2.33. The highest BCUT2D eigenvalue weighted by molar-refractivity contribution is 7.89. The van der Waals surface area contributed by atoms with Crippen LogP contribution >= 0.6 is 0 Å². The highest BCUT2D eigenvalue weighted by Crippen LogP contribution is 2.39. The Hall–Kier alpha value is -2.58. The van der Waals surface area contributed by atoms with E-state index >= 15 is 0 Å². The molecule has 2 aromatic carbocycles. The van der Waals surface area contributed by atoms with Crippen LogP contribution in [0, 0.1) is 0 Å². The van der Waals surface area contributed by atoms with Crippen LogP contribution in [0.3, 0.4) is 0 Å². The molecule has 0 spiro atoms. The summed E-state index contributed by atoms with van der Waals surface area (Å²) in [6, 6.07) is 17.4. The topological polar surface area (TPSA) is 91.8 Å². The molecule has 162 valence electrons. The molecule has 30 heavy (non-hydrogen) atoms. The van der Waals surface area contributed by atoms with E-state index in [0.717, 1.165) is 23.3 Å². The third-order valence-electron chi connectivity index (χ3n) is 4.91. The summed E-state index contributed by atoms with van der Waals surface area (Å²) < 4.78 is 33.3. The number of rotatable bonds is 7. The van der Waals surface area contributed by atoms with Crippen molar-refractivity contribution in [2.24, 2.45) is 4.99 Å². The Balaban J connectivity index is 1.54. The molecule has 0 saturated carbocycles. The lowest BCUT2D eigenvalue weighted by Gasteiger charge is -2.38. The van der Waals surface area contributed by atoms with Gasteiger partial charge in [-0.2, -0.15) is 0 Å². The molecule has 7 nitrogen and oxygen atoms in total. The minimum atomic E-state index is -3.40. The summed E-state index contributed by atoms with van der Waals surface area (Å²) in [5, 5.41) is 6.51. The fourth-order valence-corrected chi connectivity index (χ4v) is 4.36. The second-order valence-corrected chi connectivity index (χ2v) is 9.85. The van der Waals surface area contributed by atoms with Gasteiger partial charge in [0.1, 0.15) is 11.4 Å². The van der Waals surface area contributed by atoms with Crippen molar-refractivity contribution in [3.8, 4) is 5.75 Å². The molecular formula is C22H30N4O3S. The van der Waals surface area contributed by atoms with Gasteiger partial charge in [0.25, 0.3) is 0 Å². The molecule has 0 aliphatic carbocycles. The van der Waals surface area contributed by atoms with Crippen LogP contribution in [-0.4, -0.2) is 39.3 Å². The molecule has 0 fully saturated rings. The first-order valence-electron chi connectivity index (χ1n) is 10.0. The number of nitrogens with one attached hydrogen (secondary N) is 3. The zero-order valence-corrected chi connectivity index (χ0v) is 18.5. The van der Waals surface area contributed by atoms with Crippen molar-refractivity contribution in [1.29, 1.82) is 0 Å². The Morgan fingerprint density at radius 1 is 1.13 bits per heavy atom. The van der Waals surface area contributed by atoms with Gasteiger partial charge < -0.3 is 15.4 Å². The summed E-state index contributed by atoms with van der Waals surface area (Å²) in [6.07, 6.45) is 0.766. The maximum atomic E-state index is 12.3. The number of nitrogens with zero attached hydrogens (tertiary/aromatic N) is 1. The van der Waals surface area contributed by atoms with E-state index in [4.69, 9.17) is 4.74 Å². The van der Waals surface area contributed by atoms with Crippen LogP contribution < -0.4 is 20.1 Å². The molecule has 0 bridgehead atoms. The lowest BCUT2D eigenvalue weighted by atomic mass is 9.90. The highest BCUT2D eigenvalue weighted by atomic mass is 32.2. The van der Waals surface area contributed by atoms with Crippen molar-refractivity contribution in [3.63, 3.8) is 0 Å². The summed E-state index contributed by atoms with van der Waals surface area (Å²) >= 11 is 0. The number of benzene rings is 2. The molecular weight excluding hydrogens is 400 g/mol. The molecule has 0 amide bonds. The van der Waals surface area contributed by atoms with Gasteiger partial charge in [-0.05, 0) is 25.5 Å². The van der Waals surface area contributed by atoms with E-state index in [1.807, 2.05) is 54.6 Å². The average Bonchev–Trinajstić information content (AvgIpc) is 2.71. The van der Waals surface area contributed by atoms with E-state index in [-0.39, 0.29) is 30.5 Å². The summed E-state index contributed by atoms with van der Waals surface area (Å²) in [6.45, 7) is 4.64. The van der Waals surface area contributed by atoms with Crippen molar-refractivity contribution >= 4 is 16.0 Å². The van der Waals surface area contributed by atoms with Gasteiger partial charge in [-0.25, -0.2) is 13.1 Å². The van der Waals surface area contributed by atoms with E-state index < -0.39 is 10.0 Å². The van der Waals surface area contributed by atoms with Crippen molar-refractivity contribution < 1.29 is 13.2 Å². The molecule has 3 N–H and O–H groups in total. The van der Waals surface area contributed by atoms with E-state index in [1.54, 1.807) is 7.05 Å². The molecule has 0 aromatic heterocycles. The van der Waals surface area contributed by atoms with Crippen molar-refractivity contribution in [2.75, 3.05) is 19.3 Å². The SMILES string of the molecule is CN=C(NCCS(=O)(=O)NCc1ccccc1)NC1CC(C)(C)Oc2ccccc21. The lowest BCUT2D eigenvalue weighted by Crippen LogP contribution is -2.46. The number of guanidine groups is 1. The smallest absolute Gasteiger partial charge is 0.213 e. The number of hydrogen-bond donors (Lipinski definition) is 3. The molecule has 1 aliphatic rings. The van der Waals surface area contributed by atoms with E-state index in [1.165, 1.54) is 0 Å². The molecule has 1 unspecified atom stereocenters. The number of sulfonamides is 1. The maximum Gasteiger partial charge on any atom is 0.213 e. The average molecular weight is 431 g/mol. The first-order valence-corrected chi connectivity index (χ1v) is 11.7. The fraction of sp³-hybridized carbons (Fsp3) is 0.409. The molecule has 8 heteroatoms. The van der Waals surface area contributed by atoms with Gasteiger partial charge in [0, 0.05) is 32.1 Å². The second kappa shape index (κ2) is 9.49. The Morgan fingerprint density at radius 3 is 2.57 bits per heavy atom. The Labute approximate surface area is 179 Å². The Morgan fingerprint density at radius 2 is 1.83 bits per heavy atom. The standard InChI is InChI=1S/C22H30N4O3S/c1-22(2)15-19(18-11-7-8-12-20(18)29-22)26-21(23-3)24-13-14-30(27,28)25-16-17-9-5-4-6-10-17/h4-12,19,25H,13-16H2,1-3H3,(H2,23,24,26). The molecule has 1 atom stereocenters. The van der Waals surface area contributed by atoms with Crippen molar-refractivity contribution in [1.82, 2.24) is 15.4 Å². The summed E-state index contributed by atoms with van der Waals surface area (Å²) in [5.74, 6) is 1.37. The maximum absolute atomic E-state index is 12.3. The number of aliphatic imine (C=N–C) groups is 1. The zero-order chi connectivity index (χ0) is 21.6. The van der Waals surface area contributed by atoms with E-state index in [2.05, 4.69) is 34.2 Å². The monoisotopic (exact) mass is 430 g/mol.